The topological polar surface area (TPSA) is 0 Å². The Balaban J connectivity index is 2.53. The SMILES string of the molecule is CS(=C[Si](C)(C)C)C/C=C/c1ccccc1. The predicted octanol–water partition coefficient (Wildman–Crippen LogP) is 4.28. The fraction of sp³-hybridized carbons (Fsp3) is 0.357. The van der Waals surface area contributed by atoms with E-state index in [1.54, 1.807) is 0 Å². The summed E-state index contributed by atoms with van der Waals surface area (Å²) in [4.78, 5) is 2.59. The lowest BCUT2D eigenvalue weighted by atomic mass is 10.2. The largest absolute Gasteiger partial charge is 0.193 e. The normalized spacial score (nSPS) is 14.5. The molecule has 0 nitrogen and oxygen atoms in total. The minimum Gasteiger partial charge on any atom is -0.193 e. The molecular weight excluding hydrogens is 228 g/mol. The molecule has 0 aliphatic rings. The second-order valence-corrected chi connectivity index (χ2v) is 12.5. The van der Waals surface area contributed by atoms with Gasteiger partial charge >= 0.3 is 0 Å². The fourth-order valence-corrected chi connectivity index (χ4v) is 7.16. The molecule has 0 amide bonds. The molecule has 0 saturated heterocycles. The zero-order valence-electron chi connectivity index (χ0n) is 10.7. The number of benzene rings is 1. The summed E-state index contributed by atoms with van der Waals surface area (Å²) in [6.07, 6.45) is 6.87. The van der Waals surface area contributed by atoms with Gasteiger partial charge in [0.1, 0.15) is 0 Å². The molecule has 0 bridgehead atoms. The summed E-state index contributed by atoms with van der Waals surface area (Å²) >= 11 is 0. The smallest absolute Gasteiger partial charge is 0.0753 e. The lowest BCUT2D eigenvalue weighted by Crippen LogP contribution is -2.22. The molecule has 1 atom stereocenters. The van der Waals surface area contributed by atoms with Crippen molar-refractivity contribution in [2.24, 2.45) is 0 Å². The lowest BCUT2D eigenvalue weighted by Gasteiger charge is -2.11. The van der Waals surface area contributed by atoms with Crippen molar-refractivity contribution in [1.82, 2.24) is 0 Å². The Hall–Kier alpha value is -0.603. The Bertz CT molecular complexity index is 371. The lowest BCUT2D eigenvalue weighted by molar-refractivity contribution is 1.65. The first-order valence-electron chi connectivity index (χ1n) is 5.66. The maximum atomic E-state index is 2.59. The highest BCUT2D eigenvalue weighted by molar-refractivity contribution is 8.16. The Morgan fingerprint density at radius 2 is 1.75 bits per heavy atom. The van der Waals surface area contributed by atoms with Crippen molar-refractivity contribution >= 4 is 29.6 Å². The summed E-state index contributed by atoms with van der Waals surface area (Å²) < 4.78 is 0. The molecule has 0 radical (unpaired) electrons. The molecule has 0 spiro atoms. The maximum Gasteiger partial charge on any atom is 0.0753 e. The van der Waals surface area contributed by atoms with Crippen molar-refractivity contribution in [3.05, 3.63) is 42.0 Å². The summed E-state index contributed by atoms with van der Waals surface area (Å²) in [5.74, 6) is 1.18. The Morgan fingerprint density at radius 3 is 2.31 bits per heavy atom. The average Bonchev–Trinajstić information content (AvgIpc) is 2.16. The van der Waals surface area contributed by atoms with E-state index in [1.807, 2.05) is 0 Å². The Labute approximate surface area is 103 Å². The van der Waals surface area contributed by atoms with Gasteiger partial charge in [0.15, 0.2) is 0 Å². The van der Waals surface area contributed by atoms with Crippen LogP contribution < -0.4 is 0 Å². The number of rotatable bonds is 4. The van der Waals surface area contributed by atoms with Crippen molar-refractivity contribution in [1.29, 1.82) is 0 Å². The summed E-state index contributed by atoms with van der Waals surface area (Å²) in [5, 5.41) is 0. The van der Waals surface area contributed by atoms with Gasteiger partial charge in [0.25, 0.3) is 0 Å². The van der Waals surface area contributed by atoms with Crippen molar-refractivity contribution in [3.8, 4) is 0 Å². The minimum atomic E-state index is -0.996. The molecule has 0 heterocycles. The minimum absolute atomic E-state index is 0.437. The van der Waals surface area contributed by atoms with E-state index in [0.29, 0.717) is 10.5 Å². The van der Waals surface area contributed by atoms with E-state index in [1.165, 1.54) is 11.3 Å². The van der Waals surface area contributed by atoms with Gasteiger partial charge in [-0.2, -0.15) is 10.5 Å². The van der Waals surface area contributed by atoms with Crippen LogP contribution in [0.5, 0.6) is 0 Å². The molecule has 16 heavy (non-hydrogen) atoms. The molecule has 0 N–H and O–H groups in total. The molecule has 1 aromatic rings. The zero-order chi connectivity index (χ0) is 12.0. The van der Waals surface area contributed by atoms with Gasteiger partial charge < -0.3 is 0 Å². The molecule has 0 aromatic heterocycles. The molecule has 88 valence electrons. The maximum absolute atomic E-state index is 2.59. The Morgan fingerprint density at radius 1 is 1.12 bits per heavy atom. The van der Waals surface area contributed by atoms with Crippen LogP contribution in [0.25, 0.3) is 6.08 Å². The van der Waals surface area contributed by atoms with Crippen LogP contribution in [-0.2, 0) is 0 Å². The highest BCUT2D eigenvalue weighted by Crippen LogP contribution is 2.11. The van der Waals surface area contributed by atoms with E-state index in [4.69, 9.17) is 0 Å². The van der Waals surface area contributed by atoms with Gasteiger partial charge in [-0.25, -0.2) is 0 Å². The van der Waals surface area contributed by atoms with Crippen LogP contribution in [0.1, 0.15) is 5.56 Å². The zero-order valence-corrected chi connectivity index (χ0v) is 12.6. The number of hydrogen-bond acceptors (Lipinski definition) is 0. The summed E-state index contributed by atoms with van der Waals surface area (Å²) in [7, 11) is -0.559. The molecule has 1 rings (SSSR count). The molecule has 1 aromatic carbocycles. The van der Waals surface area contributed by atoms with E-state index in [9.17, 15) is 0 Å². The van der Waals surface area contributed by atoms with Crippen LogP contribution in [0.4, 0.5) is 0 Å². The molecule has 0 aliphatic heterocycles. The van der Waals surface area contributed by atoms with Gasteiger partial charge in [-0.3, -0.25) is 0 Å². The van der Waals surface area contributed by atoms with Crippen LogP contribution in [0, 0.1) is 0 Å². The van der Waals surface area contributed by atoms with Gasteiger partial charge in [-0.15, -0.1) is 0 Å². The average molecular weight is 250 g/mol. The van der Waals surface area contributed by atoms with Crippen LogP contribution in [0.2, 0.25) is 19.6 Å². The third-order valence-electron chi connectivity index (χ3n) is 2.02. The van der Waals surface area contributed by atoms with Gasteiger partial charge in [-0.1, -0.05) is 67.1 Å². The van der Waals surface area contributed by atoms with E-state index in [0.717, 1.165) is 0 Å². The molecule has 2 heteroatoms. The van der Waals surface area contributed by atoms with Crippen molar-refractivity contribution in [3.63, 3.8) is 0 Å². The predicted molar refractivity (Wildman–Crippen MR) is 83.3 cm³/mol. The second-order valence-electron chi connectivity index (χ2n) is 5.15. The summed E-state index contributed by atoms with van der Waals surface area (Å²) in [6.45, 7) is 7.20. The first kappa shape index (κ1) is 13.5. The second kappa shape index (κ2) is 6.21. The molecular formula is C14H22SSi. The van der Waals surface area contributed by atoms with Crippen molar-refractivity contribution in [2.45, 2.75) is 19.6 Å². The monoisotopic (exact) mass is 250 g/mol. The van der Waals surface area contributed by atoms with Crippen LogP contribution in [0.3, 0.4) is 0 Å². The molecule has 0 fully saturated rings. The first-order valence-corrected chi connectivity index (χ1v) is 11.1. The summed E-state index contributed by atoms with van der Waals surface area (Å²) in [6, 6.07) is 10.5. The third kappa shape index (κ3) is 6.08. The molecule has 1 unspecified atom stereocenters. The molecule has 0 saturated carbocycles. The van der Waals surface area contributed by atoms with Crippen molar-refractivity contribution < 1.29 is 0 Å². The van der Waals surface area contributed by atoms with E-state index in [2.05, 4.69) is 73.4 Å². The van der Waals surface area contributed by atoms with Crippen LogP contribution in [0.15, 0.2) is 36.4 Å². The number of hydrogen-bond donors (Lipinski definition) is 0. The van der Waals surface area contributed by atoms with E-state index < -0.39 is 8.07 Å². The van der Waals surface area contributed by atoms with E-state index in [-0.39, 0.29) is 0 Å². The van der Waals surface area contributed by atoms with Crippen molar-refractivity contribution in [2.75, 3.05) is 12.0 Å². The molecule has 0 aliphatic carbocycles. The van der Waals surface area contributed by atoms with Crippen LogP contribution in [-0.4, -0.2) is 25.1 Å². The van der Waals surface area contributed by atoms with E-state index >= 15 is 0 Å². The standard InChI is InChI=1S/C14H22SSi/c1-15(13-16(2,3)4)12-8-11-14-9-6-5-7-10-14/h5-11,13H,12H2,1-4H3/b11-8+. The fourth-order valence-electron chi connectivity index (χ4n) is 1.55. The quantitative estimate of drug-likeness (QED) is 0.553. The highest BCUT2D eigenvalue weighted by atomic mass is 32.2. The third-order valence-corrected chi connectivity index (χ3v) is 7.18. The summed E-state index contributed by atoms with van der Waals surface area (Å²) in [5.41, 5.74) is 1.30. The first-order chi connectivity index (χ1) is 7.47. The van der Waals surface area contributed by atoms with Gasteiger partial charge in [0.2, 0.25) is 0 Å². The van der Waals surface area contributed by atoms with Gasteiger partial charge in [-0.05, 0) is 11.8 Å². The highest BCUT2D eigenvalue weighted by Gasteiger charge is 2.07. The Kier molecular flexibility index (Phi) is 5.23. The van der Waals surface area contributed by atoms with Gasteiger partial charge in [0.05, 0.1) is 8.07 Å². The van der Waals surface area contributed by atoms with Crippen LogP contribution >= 0.6 is 10.5 Å². The van der Waals surface area contributed by atoms with Gasteiger partial charge in [0, 0.05) is 5.75 Å².